The van der Waals surface area contributed by atoms with Crippen molar-refractivity contribution in [1.82, 2.24) is 0 Å². The topological polar surface area (TPSA) is 108 Å². The lowest BCUT2D eigenvalue weighted by Crippen LogP contribution is -2.40. The number of carbonyl (C=O) groups is 3. The minimum Gasteiger partial charge on any atom is -0.477 e. The van der Waals surface area contributed by atoms with Crippen molar-refractivity contribution < 1.29 is 42.9 Å². The fraction of sp³-hybridized carbons (Fsp3) is 0.793. The first-order valence-corrected chi connectivity index (χ1v) is 43.4. The third-order valence-electron chi connectivity index (χ3n) is 19.3. The van der Waals surface area contributed by atoms with Crippen LogP contribution in [-0.2, 0) is 33.3 Å². The summed E-state index contributed by atoms with van der Waals surface area (Å²) in [7, 11) is 6.00. The summed E-state index contributed by atoms with van der Waals surface area (Å²) in [5, 5.41) is 9.79. The number of esters is 2. The molecule has 0 radical (unpaired) electrons. The van der Waals surface area contributed by atoms with E-state index in [4.69, 9.17) is 18.9 Å². The van der Waals surface area contributed by atoms with Crippen molar-refractivity contribution in [2.75, 3.05) is 47.5 Å². The Bertz CT molecular complexity index is 1990. The zero-order valence-electron chi connectivity index (χ0n) is 67.3. The summed E-state index contributed by atoms with van der Waals surface area (Å²) < 4.78 is 23.1. The van der Waals surface area contributed by atoms with Crippen LogP contribution >= 0.6 is 0 Å². The standard InChI is InChI=1S/C92H165NO8/c1-6-8-10-12-14-16-18-20-22-24-26-28-30-32-34-36-38-40-42-43-44-45-46-47-49-51-53-55-57-59-61-63-65-67-69-71-73-75-77-79-81-83-90(95)101-88(87-100-92(91(96)97)98-85-84-93(3,4)5)86-99-89(94)82-80-78-76-74-72-70-68-66-64-62-60-58-56-54-52-50-48-41-39-37-35-33-31-29-27-25-23-21-19-17-15-13-11-9-7-2/h8,10,14,16,19-22,25-28,32,34,38,40,88,92H,6-7,9,11-13,15,17-18,23-24,29-31,33,35-37,39,41-87H2,1-5H3/p+1/b10-8-,16-14-,21-19-,22-20-,27-25-,28-26-,34-32-,40-38-. The van der Waals surface area contributed by atoms with Gasteiger partial charge in [-0.25, -0.2) is 4.79 Å². The Labute approximate surface area is 626 Å². The number of carboxylic acids is 1. The molecule has 0 spiro atoms. The van der Waals surface area contributed by atoms with Gasteiger partial charge in [0.1, 0.15) is 13.2 Å². The maximum Gasteiger partial charge on any atom is 0.361 e. The Morgan fingerprint density at radius 1 is 0.307 bits per heavy atom. The summed E-state index contributed by atoms with van der Waals surface area (Å²) in [6, 6.07) is 0. The largest absolute Gasteiger partial charge is 0.477 e. The second kappa shape index (κ2) is 81.9. The number of rotatable bonds is 81. The summed E-state index contributed by atoms with van der Waals surface area (Å²) in [6.45, 7) is 4.81. The van der Waals surface area contributed by atoms with E-state index in [1.54, 1.807) is 0 Å². The quantitative estimate of drug-likeness (QED) is 0.0211. The number of likely N-dealkylation sites (N-methyl/N-ethyl adjacent to an activating group) is 1. The lowest BCUT2D eigenvalue weighted by atomic mass is 10.0. The number of hydrogen-bond acceptors (Lipinski definition) is 7. The van der Waals surface area contributed by atoms with Crippen LogP contribution in [0.15, 0.2) is 97.2 Å². The Morgan fingerprint density at radius 2 is 0.564 bits per heavy atom. The molecule has 1 N–H and O–H groups in total. The normalized spacial score (nSPS) is 13.1. The third-order valence-corrected chi connectivity index (χ3v) is 19.3. The molecule has 0 aromatic rings. The summed E-state index contributed by atoms with van der Waals surface area (Å²) >= 11 is 0. The van der Waals surface area contributed by atoms with Crippen LogP contribution in [0.4, 0.5) is 0 Å². The first-order chi connectivity index (χ1) is 49.6. The predicted octanol–water partition coefficient (Wildman–Crippen LogP) is 28.3. The van der Waals surface area contributed by atoms with Crippen molar-refractivity contribution in [3.63, 3.8) is 0 Å². The number of carboxylic acid groups (broad SMARTS) is 1. The number of aliphatic carboxylic acids is 1. The van der Waals surface area contributed by atoms with Gasteiger partial charge in [-0.2, -0.15) is 0 Å². The maximum atomic E-state index is 13.0. The summed E-state index contributed by atoms with van der Waals surface area (Å²) in [5.41, 5.74) is 0. The van der Waals surface area contributed by atoms with Gasteiger partial charge in [-0.1, -0.05) is 400 Å². The molecule has 0 aromatic carbocycles. The molecule has 0 rings (SSSR count). The van der Waals surface area contributed by atoms with Crippen molar-refractivity contribution in [3.8, 4) is 0 Å². The molecule has 0 aliphatic rings. The van der Waals surface area contributed by atoms with Gasteiger partial charge in [0.15, 0.2) is 6.10 Å². The van der Waals surface area contributed by atoms with Crippen LogP contribution in [0.25, 0.3) is 0 Å². The number of hydrogen-bond donors (Lipinski definition) is 1. The predicted molar refractivity (Wildman–Crippen MR) is 438 cm³/mol. The molecule has 0 amide bonds. The highest BCUT2D eigenvalue weighted by atomic mass is 16.7. The molecule has 0 aliphatic heterocycles. The van der Waals surface area contributed by atoms with E-state index < -0.39 is 18.4 Å². The fourth-order valence-electron chi connectivity index (χ4n) is 12.8. The summed E-state index contributed by atoms with van der Waals surface area (Å²) in [5.74, 6) is -1.98. The van der Waals surface area contributed by atoms with Gasteiger partial charge in [-0.3, -0.25) is 9.59 Å². The zero-order chi connectivity index (χ0) is 73.2. The van der Waals surface area contributed by atoms with E-state index in [0.717, 1.165) is 83.5 Å². The monoisotopic (exact) mass is 1410 g/mol. The van der Waals surface area contributed by atoms with Crippen LogP contribution in [0.5, 0.6) is 0 Å². The van der Waals surface area contributed by atoms with Gasteiger partial charge < -0.3 is 28.5 Å². The van der Waals surface area contributed by atoms with E-state index in [1.807, 2.05) is 21.1 Å². The van der Waals surface area contributed by atoms with Crippen LogP contribution in [-0.4, -0.2) is 87.4 Å². The van der Waals surface area contributed by atoms with E-state index in [1.165, 1.54) is 302 Å². The van der Waals surface area contributed by atoms with Crippen molar-refractivity contribution in [2.24, 2.45) is 0 Å². The average Bonchev–Trinajstić information content (AvgIpc) is 1.21. The van der Waals surface area contributed by atoms with E-state index >= 15 is 0 Å². The molecule has 2 unspecified atom stereocenters. The SMILES string of the molecule is CC/C=C\C/C=C\C/C=C\C/C=C\C/C=C\C/C=C\CCCCCCCCCCCCCCCCCCCCCCCCC(=O)OC(COC(=O)CCCCCCCCCCCCCCCCCCCCCCCCC/C=C\C/C=C\CCCCCCC)COC(OCC[N+](C)(C)C)C(=O)O. The molecule has 586 valence electrons. The van der Waals surface area contributed by atoms with Crippen molar-refractivity contribution in [1.29, 1.82) is 0 Å². The highest BCUT2D eigenvalue weighted by Crippen LogP contribution is 2.20. The molecule has 0 aliphatic carbocycles. The average molecular weight is 1410 g/mol. The minimum absolute atomic E-state index is 0.178. The molecular formula is C92H166NO8+. The minimum atomic E-state index is -1.51. The number of nitrogens with zero attached hydrogens (tertiary/aromatic N) is 1. The van der Waals surface area contributed by atoms with Crippen molar-refractivity contribution in [3.05, 3.63) is 97.2 Å². The lowest BCUT2D eigenvalue weighted by Gasteiger charge is -2.25. The highest BCUT2D eigenvalue weighted by Gasteiger charge is 2.25. The number of ether oxygens (including phenoxy) is 4. The number of carbonyl (C=O) groups excluding carboxylic acids is 2. The molecule has 0 heterocycles. The van der Waals surface area contributed by atoms with Crippen LogP contribution in [0.2, 0.25) is 0 Å². The second-order valence-electron chi connectivity index (χ2n) is 30.5. The third kappa shape index (κ3) is 83.4. The van der Waals surface area contributed by atoms with Crippen LogP contribution in [0, 0.1) is 0 Å². The van der Waals surface area contributed by atoms with Gasteiger partial charge in [0, 0.05) is 12.8 Å². The second-order valence-corrected chi connectivity index (χ2v) is 30.5. The highest BCUT2D eigenvalue weighted by molar-refractivity contribution is 5.71. The number of unbranched alkanes of at least 4 members (excludes halogenated alkanes) is 50. The van der Waals surface area contributed by atoms with Crippen LogP contribution < -0.4 is 0 Å². The van der Waals surface area contributed by atoms with Crippen molar-refractivity contribution in [2.45, 2.75) is 424 Å². The molecule has 0 fully saturated rings. The Morgan fingerprint density at radius 3 is 0.842 bits per heavy atom. The molecule has 101 heavy (non-hydrogen) atoms. The van der Waals surface area contributed by atoms with E-state index in [-0.39, 0.29) is 38.2 Å². The molecule has 0 aromatic heterocycles. The smallest absolute Gasteiger partial charge is 0.361 e. The van der Waals surface area contributed by atoms with Gasteiger partial charge >= 0.3 is 17.9 Å². The van der Waals surface area contributed by atoms with E-state index in [9.17, 15) is 19.5 Å². The van der Waals surface area contributed by atoms with Crippen molar-refractivity contribution >= 4 is 17.9 Å². The molecule has 9 nitrogen and oxygen atoms in total. The first-order valence-electron chi connectivity index (χ1n) is 43.4. The molecule has 0 bridgehead atoms. The Kier molecular flexibility index (Phi) is 78.8. The van der Waals surface area contributed by atoms with Gasteiger partial charge in [-0.15, -0.1) is 0 Å². The summed E-state index contributed by atoms with van der Waals surface area (Å²) in [6.07, 6.45) is 112. The lowest BCUT2D eigenvalue weighted by molar-refractivity contribution is -0.870. The molecular weight excluding hydrogens is 1250 g/mol. The van der Waals surface area contributed by atoms with Crippen LogP contribution in [0.1, 0.15) is 412 Å². The van der Waals surface area contributed by atoms with Gasteiger partial charge in [0.25, 0.3) is 6.29 Å². The van der Waals surface area contributed by atoms with Gasteiger partial charge in [-0.05, 0) is 96.3 Å². The van der Waals surface area contributed by atoms with Gasteiger partial charge in [0.2, 0.25) is 0 Å². The fourth-order valence-corrected chi connectivity index (χ4v) is 12.8. The number of allylic oxidation sites excluding steroid dienone is 16. The molecule has 0 saturated heterocycles. The Balaban J connectivity index is 3.94. The maximum absolute atomic E-state index is 13.0. The van der Waals surface area contributed by atoms with Crippen LogP contribution in [0.3, 0.4) is 0 Å². The van der Waals surface area contributed by atoms with E-state index in [2.05, 4.69) is 111 Å². The molecule has 2 atom stereocenters. The summed E-state index contributed by atoms with van der Waals surface area (Å²) in [4.78, 5) is 37.8. The number of quaternary nitrogens is 1. The zero-order valence-corrected chi connectivity index (χ0v) is 67.3. The molecule has 9 heteroatoms. The van der Waals surface area contributed by atoms with Gasteiger partial charge in [0.05, 0.1) is 34.4 Å². The molecule has 0 saturated carbocycles. The first kappa shape index (κ1) is 97.2. The van der Waals surface area contributed by atoms with E-state index in [0.29, 0.717) is 17.4 Å². The Hall–Kier alpha value is -3.79.